The maximum atomic E-state index is 10.3. The predicted octanol–water partition coefficient (Wildman–Crippen LogP) is 3.82. The minimum Gasteiger partial charge on any atom is -0.303 e. The molecule has 1 nitrogen and oxygen atoms in total. The lowest BCUT2D eigenvalue weighted by molar-refractivity contribution is -0.108. The van der Waals surface area contributed by atoms with E-state index in [1.807, 2.05) is 0 Å². The second-order valence-corrected chi connectivity index (χ2v) is 5.84. The molecule has 82 valence electrons. The van der Waals surface area contributed by atoms with Crippen LogP contribution >= 0.6 is 0 Å². The van der Waals surface area contributed by atoms with Gasteiger partial charge in [-0.3, -0.25) is 0 Å². The van der Waals surface area contributed by atoms with Crippen molar-refractivity contribution in [1.82, 2.24) is 0 Å². The molecule has 1 heteroatoms. The smallest absolute Gasteiger partial charge is 0.120 e. The van der Waals surface area contributed by atoms with Crippen LogP contribution < -0.4 is 0 Å². The summed E-state index contributed by atoms with van der Waals surface area (Å²) in [6.07, 6.45) is 8.41. The van der Waals surface area contributed by atoms with Gasteiger partial charge in [0, 0.05) is 6.42 Å². The van der Waals surface area contributed by atoms with Crippen LogP contribution in [0.4, 0.5) is 0 Å². The fraction of sp³-hybridized carbons (Fsp3) is 0.923. The van der Waals surface area contributed by atoms with Crippen molar-refractivity contribution in [2.75, 3.05) is 0 Å². The Morgan fingerprint density at radius 1 is 1.29 bits per heavy atom. The van der Waals surface area contributed by atoms with Crippen molar-refractivity contribution in [3.63, 3.8) is 0 Å². The van der Waals surface area contributed by atoms with Crippen LogP contribution in [0, 0.1) is 17.3 Å². The Bertz CT molecular complexity index is 178. The van der Waals surface area contributed by atoms with E-state index in [2.05, 4.69) is 20.8 Å². The van der Waals surface area contributed by atoms with Gasteiger partial charge in [-0.05, 0) is 36.5 Å². The first kappa shape index (κ1) is 11.7. The lowest BCUT2D eigenvalue weighted by Gasteiger charge is -2.37. The molecular weight excluding hydrogens is 172 g/mol. The summed E-state index contributed by atoms with van der Waals surface area (Å²) in [4.78, 5) is 10.3. The lowest BCUT2D eigenvalue weighted by Crippen LogP contribution is -2.26. The molecule has 2 atom stereocenters. The van der Waals surface area contributed by atoms with Crippen LogP contribution in [0.3, 0.4) is 0 Å². The fourth-order valence-corrected chi connectivity index (χ4v) is 2.64. The quantitative estimate of drug-likeness (QED) is 0.627. The molecule has 0 amide bonds. The summed E-state index contributed by atoms with van der Waals surface area (Å²) >= 11 is 0. The zero-order chi connectivity index (χ0) is 10.6. The van der Waals surface area contributed by atoms with E-state index >= 15 is 0 Å². The minimum atomic E-state index is 0.458. The Labute approximate surface area is 88.3 Å². The minimum absolute atomic E-state index is 0.458. The van der Waals surface area contributed by atoms with E-state index in [4.69, 9.17) is 0 Å². The van der Waals surface area contributed by atoms with Gasteiger partial charge in [0.25, 0.3) is 0 Å². The van der Waals surface area contributed by atoms with Gasteiger partial charge < -0.3 is 4.79 Å². The van der Waals surface area contributed by atoms with Crippen LogP contribution in [-0.4, -0.2) is 6.29 Å². The van der Waals surface area contributed by atoms with Gasteiger partial charge in [-0.25, -0.2) is 0 Å². The van der Waals surface area contributed by atoms with Crippen molar-refractivity contribution in [1.29, 1.82) is 0 Å². The number of aldehydes is 1. The van der Waals surface area contributed by atoms with Gasteiger partial charge in [0.2, 0.25) is 0 Å². The van der Waals surface area contributed by atoms with E-state index in [-0.39, 0.29) is 0 Å². The molecular formula is C13H24O. The Balaban J connectivity index is 2.39. The molecule has 0 saturated heterocycles. The second-order valence-electron chi connectivity index (χ2n) is 5.84. The van der Waals surface area contributed by atoms with Crippen molar-refractivity contribution in [3.8, 4) is 0 Å². The molecule has 0 heterocycles. The molecule has 0 aromatic heterocycles. The zero-order valence-electron chi connectivity index (χ0n) is 9.88. The van der Waals surface area contributed by atoms with Crippen molar-refractivity contribution in [2.24, 2.45) is 17.3 Å². The lowest BCUT2D eigenvalue weighted by atomic mass is 9.68. The van der Waals surface area contributed by atoms with Gasteiger partial charge in [-0.2, -0.15) is 0 Å². The third-order valence-electron chi connectivity index (χ3n) is 3.70. The van der Waals surface area contributed by atoms with Crippen molar-refractivity contribution in [2.45, 2.75) is 59.3 Å². The van der Waals surface area contributed by atoms with Gasteiger partial charge in [0.15, 0.2) is 0 Å². The van der Waals surface area contributed by atoms with E-state index in [1.165, 1.54) is 25.7 Å². The summed E-state index contributed by atoms with van der Waals surface area (Å²) in [6, 6.07) is 0. The molecule has 1 rings (SSSR count). The second kappa shape index (κ2) is 4.95. The van der Waals surface area contributed by atoms with Gasteiger partial charge >= 0.3 is 0 Å². The summed E-state index contributed by atoms with van der Waals surface area (Å²) in [5, 5.41) is 0. The zero-order valence-corrected chi connectivity index (χ0v) is 9.88. The predicted molar refractivity (Wildman–Crippen MR) is 60.2 cm³/mol. The van der Waals surface area contributed by atoms with Gasteiger partial charge in [-0.15, -0.1) is 0 Å². The van der Waals surface area contributed by atoms with Crippen LogP contribution in [0.5, 0.6) is 0 Å². The van der Waals surface area contributed by atoms with E-state index in [0.29, 0.717) is 5.41 Å². The number of carbonyl (C=O) groups excluding carboxylic acids is 1. The molecule has 1 fully saturated rings. The normalized spacial score (nSPS) is 28.8. The van der Waals surface area contributed by atoms with Gasteiger partial charge in [-0.1, -0.05) is 33.6 Å². The molecule has 0 aliphatic heterocycles. The van der Waals surface area contributed by atoms with Crippen molar-refractivity contribution in [3.05, 3.63) is 0 Å². The number of hydrogen-bond acceptors (Lipinski definition) is 1. The van der Waals surface area contributed by atoms with Gasteiger partial charge in [0.1, 0.15) is 6.29 Å². The molecule has 1 aliphatic rings. The molecule has 1 saturated carbocycles. The van der Waals surface area contributed by atoms with E-state index in [0.717, 1.165) is 31.0 Å². The molecule has 2 unspecified atom stereocenters. The molecule has 0 N–H and O–H groups in total. The standard InChI is InChI=1S/C13H24O/c1-13(2,3)12-8-4-6-11(10-12)7-5-9-14/h9,11-12H,4-8,10H2,1-3H3. The molecule has 0 radical (unpaired) electrons. The van der Waals surface area contributed by atoms with E-state index in [9.17, 15) is 4.79 Å². The van der Waals surface area contributed by atoms with Crippen LogP contribution in [0.2, 0.25) is 0 Å². The molecule has 0 spiro atoms. The van der Waals surface area contributed by atoms with Crippen molar-refractivity contribution < 1.29 is 4.79 Å². The largest absolute Gasteiger partial charge is 0.303 e. The molecule has 0 aromatic rings. The maximum Gasteiger partial charge on any atom is 0.120 e. The topological polar surface area (TPSA) is 17.1 Å². The SMILES string of the molecule is CC(C)(C)C1CCCC(CCC=O)C1. The molecule has 1 aliphatic carbocycles. The molecule has 0 bridgehead atoms. The Morgan fingerprint density at radius 3 is 2.57 bits per heavy atom. The number of carbonyl (C=O) groups is 1. The van der Waals surface area contributed by atoms with E-state index in [1.54, 1.807) is 0 Å². The first-order valence-corrected chi connectivity index (χ1v) is 5.97. The highest BCUT2D eigenvalue weighted by atomic mass is 16.1. The maximum absolute atomic E-state index is 10.3. The number of hydrogen-bond donors (Lipinski definition) is 0. The number of rotatable bonds is 3. The van der Waals surface area contributed by atoms with E-state index < -0.39 is 0 Å². The molecule has 14 heavy (non-hydrogen) atoms. The highest BCUT2D eigenvalue weighted by molar-refractivity contribution is 5.49. The van der Waals surface area contributed by atoms with Crippen LogP contribution in [0.15, 0.2) is 0 Å². The highest BCUT2D eigenvalue weighted by Crippen LogP contribution is 2.41. The highest BCUT2D eigenvalue weighted by Gasteiger charge is 2.30. The first-order valence-electron chi connectivity index (χ1n) is 5.97. The summed E-state index contributed by atoms with van der Waals surface area (Å²) in [5.41, 5.74) is 0.458. The summed E-state index contributed by atoms with van der Waals surface area (Å²) in [7, 11) is 0. The van der Waals surface area contributed by atoms with Crippen molar-refractivity contribution >= 4 is 6.29 Å². The van der Waals surface area contributed by atoms with Gasteiger partial charge in [0.05, 0.1) is 0 Å². The Kier molecular flexibility index (Phi) is 4.15. The molecule has 0 aromatic carbocycles. The monoisotopic (exact) mass is 196 g/mol. The summed E-state index contributed by atoms with van der Waals surface area (Å²) < 4.78 is 0. The average molecular weight is 196 g/mol. The van der Waals surface area contributed by atoms with Crippen LogP contribution in [0.1, 0.15) is 59.3 Å². The average Bonchev–Trinajstić information content (AvgIpc) is 2.14. The fourth-order valence-electron chi connectivity index (χ4n) is 2.64. The Hall–Kier alpha value is -0.330. The summed E-state index contributed by atoms with van der Waals surface area (Å²) in [5.74, 6) is 1.69. The third-order valence-corrected chi connectivity index (χ3v) is 3.70. The summed E-state index contributed by atoms with van der Waals surface area (Å²) in [6.45, 7) is 7.04. The van der Waals surface area contributed by atoms with Crippen LogP contribution in [0.25, 0.3) is 0 Å². The third kappa shape index (κ3) is 3.43. The van der Waals surface area contributed by atoms with Crippen LogP contribution in [-0.2, 0) is 4.79 Å². The Morgan fingerprint density at radius 2 is 2.00 bits per heavy atom. The first-order chi connectivity index (χ1) is 6.54.